The number of hydrogen-bond donors (Lipinski definition) is 1. The minimum Gasteiger partial charge on any atom is -0.326 e. The van der Waals surface area contributed by atoms with E-state index in [2.05, 4.69) is 41.6 Å². The average Bonchev–Trinajstić information content (AvgIpc) is 2.78. The quantitative estimate of drug-likeness (QED) is 0.860. The summed E-state index contributed by atoms with van der Waals surface area (Å²) in [6.45, 7) is 2.72. The topological polar surface area (TPSA) is 38.9 Å². The Labute approximate surface area is 93.8 Å². The van der Waals surface area contributed by atoms with Crippen molar-refractivity contribution in [3.8, 4) is 11.3 Å². The van der Waals surface area contributed by atoms with E-state index in [9.17, 15) is 0 Å². The van der Waals surface area contributed by atoms with Gasteiger partial charge in [-0.25, -0.2) is 4.98 Å². The van der Waals surface area contributed by atoms with Gasteiger partial charge in [0.05, 0.1) is 10.7 Å². The number of rotatable bonds is 3. The Kier molecular flexibility index (Phi) is 3.14. The first-order chi connectivity index (χ1) is 7.33. The Balaban J connectivity index is 2.28. The fourth-order valence-electron chi connectivity index (χ4n) is 1.42. The maximum absolute atomic E-state index is 5.55. The van der Waals surface area contributed by atoms with Crippen LogP contribution in [-0.4, -0.2) is 4.98 Å². The second-order valence-corrected chi connectivity index (χ2v) is 4.32. The summed E-state index contributed by atoms with van der Waals surface area (Å²) < 4.78 is 0. The summed E-state index contributed by atoms with van der Waals surface area (Å²) in [5, 5.41) is 3.30. The number of benzene rings is 1. The van der Waals surface area contributed by atoms with Gasteiger partial charge in [-0.05, 0) is 12.0 Å². The molecule has 0 aliphatic rings. The molecule has 2 N–H and O–H groups in total. The van der Waals surface area contributed by atoms with Gasteiger partial charge in [0.2, 0.25) is 0 Å². The van der Waals surface area contributed by atoms with Crippen molar-refractivity contribution in [3.05, 3.63) is 40.2 Å². The molecule has 0 aliphatic heterocycles. The average molecular weight is 218 g/mol. The zero-order chi connectivity index (χ0) is 10.7. The highest BCUT2D eigenvalue weighted by Crippen LogP contribution is 2.22. The van der Waals surface area contributed by atoms with E-state index in [1.807, 2.05) is 0 Å². The van der Waals surface area contributed by atoms with Crippen LogP contribution in [0.4, 0.5) is 0 Å². The van der Waals surface area contributed by atoms with Gasteiger partial charge in [-0.1, -0.05) is 31.2 Å². The van der Waals surface area contributed by atoms with Crippen molar-refractivity contribution < 1.29 is 0 Å². The van der Waals surface area contributed by atoms with Gasteiger partial charge in [0.25, 0.3) is 0 Å². The monoisotopic (exact) mass is 218 g/mol. The number of nitrogens with zero attached hydrogens (tertiary/aromatic N) is 1. The minimum atomic E-state index is 0.595. The van der Waals surface area contributed by atoms with Gasteiger partial charge in [0.15, 0.2) is 0 Å². The van der Waals surface area contributed by atoms with Crippen LogP contribution in [0, 0.1) is 0 Å². The Morgan fingerprint density at radius 1 is 1.27 bits per heavy atom. The summed E-state index contributed by atoms with van der Waals surface area (Å²) in [5.74, 6) is 0. The lowest BCUT2D eigenvalue weighted by Crippen LogP contribution is -1.95. The summed E-state index contributed by atoms with van der Waals surface area (Å²) in [6.07, 6.45) is 1.01. The highest BCUT2D eigenvalue weighted by molar-refractivity contribution is 7.09. The van der Waals surface area contributed by atoms with Crippen LogP contribution in [0.3, 0.4) is 0 Å². The summed E-state index contributed by atoms with van der Waals surface area (Å²) >= 11 is 1.72. The first-order valence-electron chi connectivity index (χ1n) is 5.07. The molecule has 2 rings (SSSR count). The normalized spacial score (nSPS) is 10.5. The molecule has 78 valence electrons. The molecule has 0 atom stereocenters. The Hall–Kier alpha value is -1.19. The van der Waals surface area contributed by atoms with E-state index >= 15 is 0 Å². The van der Waals surface area contributed by atoms with Gasteiger partial charge in [-0.2, -0.15) is 0 Å². The van der Waals surface area contributed by atoms with E-state index in [0.29, 0.717) is 6.54 Å². The number of nitrogens with two attached hydrogens (primary N) is 1. The molecule has 1 heterocycles. The molecule has 0 saturated carbocycles. The molecule has 1 aromatic carbocycles. The Morgan fingerprint density at radius 2 is 2.00 bits per heavy atom. The molecule has 2 aromatic rings. The molecule has 1 aromatic heterocycles. The molecule has 2 nitrogen and oxygen atoms in total. The lowest BCUT2D eigenvalue weighted by Gasteiger charge is -1.98. The van der Waals surface area contributed by atoms with Gasteiger partial charge in [-0.3, -0.25) is 0 Å². The van der Waals surface area contributed by atoms with Crippen LogP contribution >= 0.6 is 11.3 Å². The van der Waals surface area contributed by atoms with E-state index in [1.54, 1.807) is 11.3 Å². The van der Waals surface area contributed by atoms with Crippen molar-refractivity contribution in [3.63, 3.8) is 0 Å². The first kappa shape index (κ1) is 10.3. The Bertz CT molecular complexity index is 431. The van der Waals surface area contributed by atoms with Crippen molar-refractivity contribution >= 4 is 11.3 Å². The van der Waals surface area contributed by atoms with Crippen LogP contribution in [0.25, 0.3) is 11.3 Å². The molecular formula is C12H14N2S. The molecule has 3 heteroatoms. The summed E-state index contributed by atoms with van der Waals surface area (Å²) in [5.41, 5.74) is 8.95. The number of hydrogen-bond acceptors (Lipinski definition) is 3. The van der Waals surface area contributed by atoms with Crippen LogP contribution in [0.1, 0.15) is 17.5 Å². The highest BCUT2D eigenvalue weighted by atomic mass is 32.1. The molecular weight excluding hydrogens is 204 g/mol. The largest absolute Gasteiger partial charge is 0.326 e. The van der Waals surface area contributed by atoms with Crippen molar-refractivity contribution in [2.24, 2.45) is 5.73 Å². The summed E-state index contributed by atoms with van der Waals surface area (Å²) in [6, 6.07) is 8.27. The standard InChI is InChI=1S/C12H14N2S/c1-2-12-14-11(8-15-12)10-5-3-9(7-13)4-6-10/h3-6,8H,2,7,13H2,1H3. The maximum atomic E-state index is 5.55. The molecule has 15 heavy (non-hydrogen) atoms. The van der Waals surface area contributed by atoms with E-state index in [4.69, 9.17) is 5.73 Å². The third-order valence-corrected chi connectivity index (χ3v) is 3.33. The van der Waals surface area contributed by atoms with Crippen LogP contribution in [0.2, 0.25) is 0 Å². The van der Waals surface area contributed by atoms with Crippen molar-refractivity contribution in [2.75, 3.05) is 0 Å². The van der Waals surface area contributed by atoms with Gasteiger partial charge in [-0.15, -0.1) is 11.3 Å². The number of thiazole rings is 1. The Morgan fingerprint density at radius 3 is 2.53 bits per heavy atom. The predicted octanol–water partition coefficient (Wildman–Crippen LogP) is 2.83. The highest BCUT2D eigenvalue weighted by Gasteiger charge is 2.02. The molecule has 0 aliphatic carbocycles. The maximum Gasteiger partial charge on any atom is 0.0929 e. The third-order valence-electron chi connectivity index (χ3n) is 2.34. The fourth-order valence-corrected chi connectivity index (χ4v) is 2.17. The molecule has 0 unspecified atom stereocenters. The van der Waals surface area contributed by atoms with Crippen LogP contribution in [0.15, 0.2) is 29.6 Å². The minimum absolute atomic E-state index is 0.595. The predicted molar refractivity (Wildman–Crippen MR) is 64.8 cm³/mol. The second kappa shape index (κ2) is 4.55. The zero-order valence-electron chi connectivity index (χ0n) is 8.73. The number of aryl methyl sites for hydroxylation is 1. The second-order valence-electron chi connectivity index (χ2n) is 3.38. The number of aromatic nitrogens is 1. The SMILES string of the molecule is CCc1nc(-c2ccc(CN)cc2)cs1. The summed E-state index contributed by atoms with van der Waals surface area (Å²) in [7, 11) is 0. The van der Waals surface area contributed by atoms with Crippen LogP contribution < -0.4 is 5.73 Å². The van der Waals surface area contributed by atoms with Crippen molar-refractivity contribution in [1.29, 1.82) is 0 Å². The van der Waals surface area contributed by atoms with Crippen LogP contribution in [-0.2, 0) is 13.0 Å². The van der Waals surface area contributed by atoms with Gasteiger partial charge >= 0.3 is 0 Å². The third kappa shape index (κ3) is 2.25. The fraction of sp³-hybridized carbons (Fsp3) is 0.250. The van der Waals surface area contributed by atoms with Gasteiger partial charge in [0.1, 0.15) is 0 Å². The molecule has 0 amide bonds. The van der Waals surface area contributed by atoms with E-state index in [1.165, 1.54) is 10.6 Å². The smallest absolute Gasteiger partial charge is 0.0929 e. The summed E-state index contributed by atoms with van der Waals surface area (Å²) in [4.78, 5) is 4.54. The lowest BCUT2D eigenvalue weighted by atomic mass is 10.1. The molecule has 0 bridgehead atoms. The van der Waals surface area contributed by atoms with E-state index < -0.39 is 0 Å². The zero-order valence-corrected chi connectivity index (χ0v) is 9.55. The molecule has 0 fully saturated rings. The van der Waals surface area contributed by atoms with E-state index in [0.717, 1.165) is 17.7 Å². The first-order valence-corrected chi connectivity index (χ1v) is 5.95. The van der Waals surface area contributed by atoms with Crippen LogP contribution in [0.5, 0.6) is 0 Å². The lowest BCUT2D eigenvalue weighted by molar-refractivity contribution is 1.07. The van der Waals surface area contributed by atoms with Crippen molar-refractivity contribution in [1.82, 2.24) is 4.98 Å². The molecule has 0 spiro atoms. The van der Waals surface area contributed by atoms with Gasteiger partial charge in [0, 0.05) is 17.5 Å². The van der Waals surface area contributed by atoms with E-state index in [-0.39, 0.29) is 0 Å². The molecule has 0 radical (unpaired) electrons. The van der Waals surface area contributed by atoms with Gasteiger partial charge < -0.3 is 5.73 Å². The molecule has 0 saturated heterocycles. The van der Waals surface area contributed by atoms with Crippen molar-refractivity contribution in [2.45, 2.75) is 19.9 Å².